The lowest BCUT2D eigenvalue weighted by Crippen LogP contribution is -2.42. The summed E-state index contributed by atoms with van der Waals surface area (Å²) in [5.74, 6) is 0.868. The van der Waals surface area contributed by atoms with E-state index in [4.69, 9.17) is 0 Å². The molecule has 0 spiro atoms. The van der Waals surface area contributed by atoms with Crippen LogP contribution in [0.5, 0.6) is 0 Å². The Morgan fingerprint density at radius 3 is 2.91 bits per heavy atom. The second-order valence-electron chi connectivity index (χ2n) is 6.84. The Balaban J connectivity index is 1.58. The molecule has 0 aromatic carbocycles. The standard InChI is InChI=1S/C17H22N4OS/c1-11-7-12-5-3-4-6-14(12)21(11)17(22)15-9-18-16(23-15)13-8-19-20(2)10-13/h8-12,14H,3-7H2,1-2H3/t11-,12+,14+/m1/s1. The first-order valence-corrected chi connectivity index (χ1v) is 9.22. The third-order valence-corrected chi connectivity index (χ3v) is 6.28. The van der Waals surface area contributed by atoms with Gasteiger partial charge in [0.2, 0.25) is 0 Å². The molecule has 2 aliphatic rings. The zero-order chi connectivity index (χ0) is 16.0. The predicted octanol–water partition coefficient (Wildman–Crippen LogP) is 3.34. The molecule has 6 heteroatoms. The lowest BCUT2D eigenvalue weighted by molar-refractivity contribution is 0.0638. The number of fused-ring (bicyclic) bond motifs is 1. The van der Waals surface area contributed by atoms with Gasteiger partial charge in [-0.3, -0.25) is 9.48 Å². The molecule has 0 radical (unpaired) electrons. The molecule has 0 N–H and O–H groups in total. The van der Waals surface area contributed by atoms with Gasteiger partial charge in [-0.15, -0.1) is 11.3 Å². The summed E-state index contributed by atoms with van der Waals surface area (Å²) < 4.78 is 1.76. The topological polar surface area (TPSA) is 51.0 Å². The number of carbonyl (C=O) groups is 1. The SMILES string of the molecule is C[C@@H]1C[C@@H]2CCCC[C@@H]2N1C(=O)c1cnc(-c2cnn(C)c2)s1. The number of likely N-dealkylation sites (tertiary alicyclic amines) is 1. The van der Waals surface area contributed by atoms with Crippen LogP contribution in [0.4, 0.5) is 0 Å². The van der Waals surface area contributed by atoms with E-state index in [1.807, 2.05) is 13.2 Å². The highest BCUT2D eigenvalue weighted by Gasteiger charge is 2.43. The second kappa shape index (κ2) is 5.74. The van der Waals surface area contributed by atoms with Crippen molar-refractivity contribution in [1.29, 1.82) is 0 Å². The fraction of sp³-hybridized carbons (Fsp3) is 0.588. The Kier molecular flexibility index (Phi) is 3.71. The van der Waals surface area contributed by atoms with Crippen molar-refractivity contribution >= 4 is 17.2 Å². The zero-order valence-corrected chi connectivity index (χ0v) is 14.4. The lowest BCUT2D eigenvalue weighted by Gasteiger charge is -2.32. The fourth-order valence-corrected chi connectivity index (χ4v) is 5.06. The summed E-state index contributed by atoms with van der Waals surface area (Å²) >= 11 is 1.48. The van der Waals surface area contributed by atoms with Crippen LogP contribution in [0.15, 0.2) is 18.6 Å². The largest absolute Gasteiger partial charge is 0.332 e. The van der Waals surface area contributed by atoms with Crippen molar-refractivity contribution in [3.05, 3.63) is 23.5 Å². The summed E-state index contributed by atoms with van der Waals surface area (Å²) in [7, 11) is 1.89. The van der Waals surface area contributed by atoms with Crippen LogP contribution in [0.2, 0.25) is 0 Å². The van der Waals surface area contributed by atoms with E-state index in [9.17, 15) is 4.79 Å². The molecule has 2 aromatic heterocycles. The van der Waals surface area contributed by atoms with Crippen molar-refractivity contribution in [3.8, 4) is 10.6 Å². The lowest BCUT2D eigenvalue weighted by atomic mass is 9.85. The van der Waals surface area contributed by atoms with Crippen LogP contribution >= 0.6 is 11.3 Å². The average molecular weight is 330 g/mol. The predicted molar refractivity (Wildman–Crippen MR) is 90.3 cm³/mol. The molecular formula is C17H22N4OS. The van der Waals surface area contributed by atoms with Gasteiger partial charge in [-0.1, -0.05) is 12.8 Å². The van der Waals surface area contributed by atoms with Crippen molar-refractivity contribution in [2.24, 2.45) is 13.0 Å². The van der Waals surface area contributed by atoms with Crippen LogP contribution in [0.3, 0.4) is 0 Å². The Labute approximate surface area is 140 Å². The van der Waals surface area contributed by atoms with Crippen LogP contribution in [0, 0.1) is 5.92 Å². The van der Waals surface area contributed by atoms with Gasteiger partial charge >= 0.3 is 0 Å². The first kappa shape index (κ1) is 14.9. The van der Waals surface area contributed by atoms with E-state index in [1.54, 1.807) is 17.1 Å². The minimum atomic E-state index is 0.166. The van der Waals surface area contributed by atoms with Crippen LogP contribution in [-0.2, 0) is 7.05 Å². The van der Waals surface area contributed by atoms with Gasteiger partial charge < -0.3 is 4.90 Å². The smallest absolute Gasteiger partial charge is 0.266 e. The van der Waals surface area contributed by atoms with Crippen molar-refractivity contribution in [3.63, 3.8) is 0 Å². The van der Waals surface area contributed by atoms with E-state index < -0.39 is 0 Å². The van der Waals surface area contributed by atoms with Crippen molar-refractivity contribution in [1.82, 2.24) is 19.7 Å². The number of aromatic nitrogens is 3. The molecule has 3 heterocycles. The quantitative estimate of drug-likeness (QED) is 0.848. The third-order valence-electron chi connectivity index (χ3n) is 5.25. The van der Waals surface area contributed by atoms with E-state index in [-0.39, 0.29) is 5.91 Å². The van der Waals surface area contributed by atoms with Crippen LogP contribution in [-0.4, -0.2) is 37.7 Å². The van der Waals surface area contributed by atoms with Gasteiger partial charge in [-0.05, 0) is 32.1 Å². The number of hydrogen-bond acceptors (Lipinski definition) is 4. The molecule has 1 saturated carbocycles. The number of nitrogens with zero attached hydrogens (tertiary/aromatic N) is 4. The van der Waals surface area contributed by atoms with Gasteiger partial charge in [0.25, 0.3) is 5.91 Å². The van der Waals surface area contributed by atoms with Crippen molar-refractivity contribution in [2.45, 2.75) is 51.1 Å². The van der Waals surface area contributed by atoms with E-state index in [2.05, 4.69) is 21.9 Å². The average Bonchev–Trinajstić information content (AvgIpc) is 3.23. The maximum Gasteiger partial charge on any atom is 0.266 e. The van der Waals surface area contributed by atoms with Gasteiger partial charge in [0.05, 0.1) is 12.4 Å². The Morgan fingerprint density at radius 1 is 1.30 bits per heavy atom. The Bertz CT molecular complexity index is 722. The van der Waals surface area contributed by atoms with Gasteiger partial charge in [0, 0.05) is 30.9 Å². The number of rotatable bonds is 2. The molecule has 3 atom stereocenters. The summed E-state index contributed by atoms with van der Waals surface area (Å²) in [5, 5.41) is 5.05. The summed E-state index contributed by atoms with van der Waals surface area (Å²) in [6, 6.07) is 0.787. The summed E-state index contributed by atoms with van der Waals surface area (Å²) in [5.41, 5.74) is 0.974. The molecule has 1 amide bonds. The van der Waals surface area contributed by atoms with Gasteiger partial charge in [0.1, 0.15) is 9.88 Å². The summed E-state index contributed by atoms with van der Waals surface area (Å²) in [6.45, 7) is 2.19. The molecule has 2 aromatic rings. The summed E-state index contributed by atoms with van der Waals surface area (Å²) in [4.78, 5) is 20.4. The van der Waals surface area contributed by atoms with E-state index in [1.165, 1.54) is 30.6 Å². The Morgan fingerprint density at radius 2 is 2.13 bits per heavy atom. The molecule has 1 saturated heterocycles. The minimum Gasteiger partial charge on any atom is -0.332 e. The molecule has 1 aliphatic carbocycles. The molecule has 0 bridgehead atoms. The van der Waals surface area contributed by atoms with Crippen LogP contribution in [0.1, 0.15) is 48.7 Å². The van der Waals surface area contributed by atoms with Gasteiger partial charge in [0.15, 0.2) is 0 Å². The zero-order valence-electron chi connectivity index (χ0n) is 13.6. The highest BCUT2D eigenvalue weighted by molar-refractivity contribution is 7.16. The van der Waals surface area contributed by atoms with Crippen LogP contribution < -0.4 is 0 Å². The Hall–Kier alpha value is -1.69. The van der Waals surface area contributed by atoms with Gasteiger partial charge in [-0.25, -0.2) is 4.98 Å². The molecule has 2 fully saturated rings. The molecule has 122 valence electrons. The monoisotopic (exact) mass is 330 g/mol. The van der Waals surface area contributed by atoms with E-state index >= 15 is 0 Å². The third kappa shape index (κ3) is 2.59. The van der Waals surface area contributed by atoms with Crippen LogP contribution in [0.25, 0.3) is 10.6 Å². The highest BCUT2D eigenvalue weighted by Crippen LogP contribution is 2.40. The molecular weight excluding hydrogens is 308 g/mol. The first-order chi connectivity index (χ1) is 11.1. The fourth-order valence-electron chi connectivity index (χ4n) is 4.22. The minimum absolute atomic E-state index is 0.166. The molecule has 4 rings (SSSR count). The molecule has 1 aliphatic heterocycles. The normalized spacial score (nSPS) is 27.2. The number of aryl methyl sites for hydroxylation is 1. The molecule has 5 nitrogen and oxygen atoms in total. The van der Waals surface area contributed by atoms with E-state index in [0.29, 0.717) is 18.0 Å². The number of hydrogen-bond donors (Lipinski definition) is 0. The number of carbonyl (C=O) groups excluding carboxylic acids is 1. The first-order valence-electron chi connectivity index (χ1n) is 8.41. The summed E-state index contributed by atoms with van der Waals surface area (Å²) in [6.07, 6.45) is 11.6. The van der Waals surface area contributed by atoms with Crippen molar-refractivity contribution < 1.29 is 4.79 Å². The molecule has 23 heavy (non-hydrogen) atoms. The second-order valence-corrected chi connectivity index (χ2v) is 7.87. The van der Waals surface area contributed by atoms with E-state index in [0.717, 1.165) is 28.3 Å². The number of amides is 1. The molecule has 0 unspecified atom stereocenters. The van der Waals surface area contributed by atoms with Crippen molar-refractivity contribution in [2.75, 3.05) is 0 Å². The highest BCUT2D eigenvalue weighted by atomic mass is 32.1. The van der Waals surface area contributed by atoms with Gasteiger partial charge in [-0.2, -0.15) is 5.10 Å². The maximum atomic E-state index is 13.0. The maximum absolute atomic E-state index is 13.0. The number of thiazole rings is 1.